The van der Waals surface area contributed by atoms with E-state index in [2.05, 4.69) is 10.3 Å². The van der Waals surface area contributed by atoms with Crippen molar-refractivity contribution < 1.29 is 14.2 Å². The van der Waals surface area contributed by atoms with Crippen LogP contribution in [-0.4, -0.2) is 34.9 Å². The zero-order valence-electron chi connectivity index (χ0n) is 11.6. The molecule has 5 heteroatoms. The molecule has 0 spiro atoms. The molecular formula is C14H21FN2O2. The van der Waals surface area contributed by atoms with E-state index in [9.17, 15) is 9.50 Å². The molecule has 0 aromatic carbocycles. The van der Waals surface area contributed by atoms with E-state index in [0.29, 0.717) is 13.0 Å². The van der Waals surface area contributed by atoms with Gasteiger partial charge in [-0.3, -0.25) is 0 Å². The number of pyridine rings is 1. The van der Waals surface area contributed by atoms with Gasteiger partial charge in [-0.25, -0.2) is 9.37 Å². The molecule has 106 valence electrons. The highest BCUT2D eigenvalue weighted by Crippen LogP contribution is 2.51. The van der Waals surface area contributed by atoms with E-state index in [1.165, 1.54) is 18.3 Å². The first-order chi connectivity index (χ1) is 8.90. The summed E-state index contributed by atoms with van der Waals surface area (Å²) in [7, 11) is 0. The minimum Gasteiger partial charge on any atom is -0.387 e. The predicted molar refractivity (Wildman–Crippen MR) is 71.4 cm³/mol. The monoisotopic (exact) mass is 268 g/mol. The molecule has 2 N–H and O–H groups in total. The topological polar surface area (TPSA) is 54.4 Å². The highest BCUT2D eigenvalue weighted by Gasteiger charge is 2.59. The summed E-state index contributed by atoms with van der Waals surface area (Å²) in [4.78, 5) is 3.91. The van der Waals surface area contributed by atoms with Crippen molar-refractivity contribution >= 4 is 5.82 Å². The van der Waals surface area contributed by atoms with Crippen LogP contribution in [0.15, 0.2) is 18.3 Å². The SMILES string of the molecule is CCO[C@H]1C[C@](O)(CNc2ncccc2F)C1(C)C. The second-order valence-electron chi connectivity index (χ2n) is 5.59. The third-order valence-electron chi connectivity index (χ3n) is 4.20. The van der Waals surface area contributed by atoms with Gasteiger partial charge >= 0.3 is 0 Å². The average Bonchev–Trinajstić information content (AvgIpc) is 2.37. The standard InChI is InChI=1S/C14H21FN2O2/c1-4-19-11-8-14(18,13(11,2)3)9-17-12-10(15)6-5-7-16-12/h5-7,11,18H,4,8-9H2,1-3H3,(H,16,17)/t11-,14-/m0/s1. The van der Waals surface area contributed by atoms with Crippen LogP contribution in [0.3, 0.4) is 0 Å². The molecule has 0 bridgehead atoms. The Morgan fingerprint density at radius 2 is 2.32 bits per heavy atom. The molecule has 1 aliphatic carbocycles. The van der Waals surface area contributed by atoms with E-state index in [0.717, 1.165) is 0 Å². The molecule has 1 fully saturated rings. The fourth-order valence-electron chi connectivity index (χ4n) is 2.51. The van der Waals surface area contributed by atoms with Gasteiger partial charge in [-0.05, 0) is 19.1 Å². The van der Waals surface area contributed by atoms with Crippen LogP contribution in [0, 0.1) is 11.2 Å². The van der Waals surface area contributed by atoms with Crippen molar-refractivity contribution in [3.63, 3.8) is 0 Å². The lowest BCUT2D eigenvalue weighted by atomic mass is 9.56. The molecule has 0 saturated heterocycles. The van der Waals surface area contributed by atoms with Gasteiger partial charge in [-0.2, -0.15) is 0 Å². The summed E-state index contributed by atoms with van der Waals surface area (Å²) in [5.41, 5.74) is -1.27. The van der Waals surface area contributed by atoms with Crippen molar-refractivity contribution in [3.8, 4) is 0 Å². The van der Waals surface area contributed by atoms with Gasteiger partial charge in [0, 0.05) is 31.2 Å². The summed E-state index contributed by atoms with van der Waals surface area (Å²) in [6.07, 6.45) is 2.11. The number of nitrogens with one attached hydrogen (secondary N) is 1. The fraction of sp³-hybridized carbons (Fsp3) is 0.643. The number of halogens is 1. The molecular weight excluding hydrogens is 247 g/mol. The Kier molecular flexibility index (Phi) is 3.78. The zero-order valence-corrected chi connectivity index (χ0v) is 11.6. The molecule has 2 atom stereocenters. The molecule has 0 unspecified atom stereocenters. The molecule has 0 aliphatic heterocycles. The molecule has 2 rings (SSSR count). The van der Waals surface area contributed by atoms with E-state index < -0.39 is 11.4 Å². The molecule has 4 nitrogen and oxygen atoms in total. The number of aromatic nitrogens is 1. The van der Waals surface area contributed by atoms with Gasteiger partial charge in [-0.1, -0.05) is 13.8 Å². The first-order valence-corrected chi connectivity index (χ1v) is 6.59. The molecule has 1 saturated carbocycles. The van der Waals surface area contributed by atoms with Gasteiger partial charge in [0.2, 0.25) is 0 Å². The highest BCUT2D eigenvalue weighted by molar-refractivity contribution is 5.36. The smallest absolute Gasteiger partial charge is 0.165 e. The van der Waals surface area contributed by atoms with Crippen molar-refractivity contribution in [1.82, 2.24) is 4.98 Å². The van der Waals surface area contributed by atoms with Crippen LogP contribution in [0.2, 0.25) is 0 Å². The number of anilines is 1. The van der Waals surface area contributed by atoms with Crippen molar-refractivity contribution in [2.24, 2.45) is 5.41 Å². The number of ether oxygens (including phenoxy) is 1. The lowest BCUT2D eigenvalue weighted by Gasteiger charge is -2.58. The number of nitrogens with zero attached hydrogens (tertiary/aromatic N) is 1. The zero-order chi connectivity index (χ0) is 14.1. The van der Waals surface area contributed by atoms with E-state index in [1.54, 1.807) is 0 Å². The van der Waals surface area contributed by atoms with Crippen LogP contribution < -0.4 is 5.32 Å². The Morgan fingerprint density at radius 3 is 2.89 bits per heavy atom. The number of aliphatic hydroxyl groups is 1. The highest BCUT2D eigenvalue weighted by atomic mass is 19.1. The maximum absolute atomic E-state index is 13.4. The van der Waals surface area contributed by atoms with Gasteiger partial charge in [-0.15, -0.1) is 0 Å². The third kappa shape index (κ3) is 2.44. The Balaban J connectivity index is 1.99. The van der Waals surface area contributed by atoms with E-state index in [4.69, 9.17) is 4.74 Å². The maximum atomic E-state index is 13.4. The second-order valence-corrected chi connectivity index (χ2v) is 5.59. The van der Waals surface area contributed by atoms with Crippen molar-refractivity contribution in [3.05, 3.63) is 24.1 Å². The molecule has 1 heterocycles. The molecule has 1 aliphatic rings. The lowest BCUT2D eigenvalue weighted by molar-refractivity contribution is -0.233. The molecule has 1 aromatic rings. The maximum Gasteiger partial charge on any atom is 0.165 e. The van der Waals surface area contributed by atoms with Gasteiger partial charge in [0.25, 0.3) is 0 Å². The lowest BCUT2D eigenvalue weighted by Crippen LogP contribution is -2.67. The van der Waals surface area contributed by atoms with E-state index in [-0.39, 0.29) is 23.9 Å². The first kappa shape index (κ1) is 14.2. The summed E-state index contributed by atoms with van der Waals surface area (Å²) in [5, 5.41) is 13.5. The van der Waals surface area contributed by atoms with Crippen molar-refractivity contribution in [1.29, 1.82) is 0 Å². The van der Waals surface area contributed by atoms with Crippen LogP contribution in [0.1, 0.15) is 27.2 Å². The molecule has 19 heavy (non-hydrogen) atoms. The summed E-state index contributed by atoms with van der Waals surface area (Å²) < 4.78 is 19.0. The Hall–Kier alpha value is -1.20. The summed E-state index contributed by atoms with van der Waals surface area (Å²) in [5.74, 6) is -0.240. The minimum atomic E-state index is -0.906. The molecule has 0 radical (unpaired) electrons. The van der Waals surface area contributed by atoms with Crippen LogP contribution in [0.25, 0.3) is 0 Å². The minimum absolute atomic E-state index is 0.0397. The quantitative estimate of drug-likeness (QED) is 0.859. The van der Waals surface area contributed by atoms with E-state index in [1.807, 2.05) is 20.8 Å². The third-order valence-corrected chi connectivity index (χ3v) is 4.20. The molecule has 0 amide bonds. The normalized spacial score (nSPS) is 28.8. The van der Waals surface area contributed by atoms with Crippen molar-refractivity contribution in [2.45, 2.75) is 38.9 Å². The number of hydrogen-bond acceptors (Lipinski definition) is 4. The number of rotatable bonds is 5. The average molecular weight is 268 g/mol. The second kappa shape index (κ2) is 5.06. The fourth-order valence-corrected chi connectivity index (χ4v) is 2.51. The van der Waals surface area contributed by atoms with Crippen molar-refractivity contribution in [2.75, 3.05) is 18.5 Å². The summed E-state index contributed by atoms with van der Waals surface area (Å²) in [6.45, 7) is 6.76. The Bertz CT molecular complexity index is 453. The van der Waals surface area contributed by atoms with Crippen LogP contribution >= 0.6 is 0 Å². The Labute approximate surface area is 113 Å². The van der Waals surface area contributed by atoms with Gasteiger partial charge in [0.15, 0.2) is 11.6 Å². The number of hydrogen-bond donors (Lipinski definition) is 2. The van der Waals surface area contributed by atoms with Crippen LogP contribution in [0.4, 0.5) is 10.2 Å². The largest absolute Gasteiger partial charge is 0.387 e. The first-order valence-electron chi connectivity index (χ1n) is 6.59. The van der Waals surface area contributed by atoms with Gasteiger partial charge < -0.3 is 15.2 Å². The van der Waals surface area contributed by atoms with Gasteiger partial charge in [0.1, 0.15) is 0 Å². The van der Waals surface area contributed by atoms with Gasteiger partial charge in [0.05, 0.1) is 11.7 Å². The predicted octanol–water partition coefficient (Wildman–Crippen LogP) is 2.20. The molecule has 1 aromatic heterocycles. The summed E-state index contributed by atoms with van der Waals surface area (Å²) in [6, 6.07) is 2.88. The van der Waals surface area contributed by atoms with E-state index >= 15 is 0 Å². The van der Waals surface area contributed by atoms with Crippen LogP contribution in [0.5, 0.6) is 0 Å². The van der Waals surface area contributed by atoms with Crippen LogP contribution in [-0.2, 0) is 4.74 Å². The Morgan fingerprint density at radius 1 is 1.58 bits per heavy atom. The summed E-state index contributed by atoms with van der Waals surface area (Å²) >= 11 is 0.